The molecule has 6 rings (SSSR count). The molecule has 178 valence electrons. The molecule has 0 bridgehead atoms. The van der Waals surface area contributed by atoms with Crippen molar-refractivity contribution >= 4 is 31.1 Å². The van der Waals surface area contributed by atoms with E-state index >= 15 is 0 Å². The zero-order chi connectivity index (χ0) is 24.6. The summed E-state index contributed by atoms with van der Waals surface area (Å²) in [5.74, 6) is 0. The molecule has 0 atom stereocenters. The molecular formula is C34H32HfSi-2. The molecule has 36 heavy (non-hydrogen) atoms. The fourth-order valence-corrected chi connectivity index (χ4v) is 4.71. The molecule has 6 aromatic carbocycles. The maximum atomic E-state index is 2.26. The minimum atomic E-state index is 0. The zero-order valence-corrected chi connectivity index (χ0v) is 26.1. The third-order valence-electron chi connectivity index (χ3n) is 6.12. The molecule has 0 aliphatic carbocycles. The van der Waals surface area contributed by atoms with E-state index in [1.807, 2.05) is 0 Å². The summed E-state index contributed by atoms with van der Waals surface area (Å²) in [5, 5.41) is 5.37. The molecule has 6 aromatic rings. The van der Waals surface area contributed by atoms with E-state index in [4.69, 9.17) is 0 Å². The van der Waals surface area contributed by atoms with Gasteiger partial charge in [-0.15, -0.1) is 92.3 Å². The Morgan fingerprint density at radius 1 is 0.472 bits per heavy atom. The van der Waals surface area contributed by atoms with Crippen LogP contribution in [0.2, 0.25) is 13.1 Å². The number of hydrogen-bond donors (Lipinski definition) is 0. The molecule has 0 saturated carbocycles. The molecule has 2 radical (unpaired) electrons. The molecule has 0 fully saturated rings. The summed E-state index contributed by atoms with van der Waals surface area (Å²) in [6.45, 7) is 8.67. The Balaban J connectivity index is 0.000000177. The molecule has 0 saturated heterocycles. The van der Waals surface area contributed by atoms with Gasteiger partial charge in [-0.1, -0.05) is 111 Å². The summed E-state index contributed by atoms with van der Waals surface area (Å²) >= 11 is 0. The van der Waals surface area contributed by atoms with E-state index in [1.54, 1.807) is 0 Å². The second-order valence-corrected chi connectivity index (χ2v) is 9.81. The maximum absolute atomic E-state index is 2.26. The van der Waals surface area contributed by atoms with E-state index in [0.717, 1.165) is 9.52 Å². The third-order valence-corrected chi connectivity index (χ3v) is 6.12. The summed E-state index contributed by atoms with van der Waals surface area (Å²) in [6, 6.07) is 42.9. The van der Waals surface area contributed by atoms with Crippen LogP contribution >= 0.6 is 0 Å². The topological polar surface area (TPSA) is 0 Å². The van der Waals surface area contributed by atoms with Crippen LogP contribution in [0.1, 0.15) is 11.1 Å². The van der Waals surface area contributed by atoms with Gasteiger partial charge < -0.3 is 0 Å². The Morgan fingerprint density at radius 3 is 1.14 bits per heavy atom. The number of aryl methyl sites for hydroxylation is 2. The minimum absolute atomic E-state index is 0. The molecule has 0 spiro atoms. The first kappa shape index (κ1) is 27.8. The van der Waals surface area contributed by atoms with Crippen LogP contribution in [0, 0.1) is 13.8 Å². The van der Waals surface area contributed by atoms with Crippen LogP contribution in [0.15, 0.2) is 121 Å². The van der Waals surface area contributed by atoms with Crippen LogP contribution in [0.4, 0.5) is 0 Å². The summed E-state index contributed by atoms with van der Waals surface area (Å²) in [7, 11) is 1.08. The van der Waals surface area contributed by atoms with Crippen molar-refractivity contribution < 1.29 is 25.8 Å². The molecule has 0 heterocycles. The first-order chi connectivity index (χ1) is 17.1. The van der Waals surface area contributed by atoms with Crippen molar-refractivity contribution in [3.05, 3.63) is 132 Å². The smallest absolute Gasteiger partial charge is 0.0307 e. The van der Waals surface area contributed by atoms with Crippen LogP contribution in [-0.4, -0.2) is 9.52 Å². The summed E-state index contributed by atoms with van der Waals surface area (Å²) < 4.78 is 0. The van der Waals surface area contributed by atoms with E-state index in [1.165, 1.54) is 54.9 Å². The van der Waals surface area contributed by atoms with Gasteiger partial charge in [-0.3, -0.25) is 0 Å². The van der Waals surface area contributed by atoms with Gasteiger partial charge in [0.1, 0.15) is 0 Å². The van der Waals surface area contributed by atoms with Gasteiger partial charge in [0.15, 0.2) is 0 Å². The van der Waals surface area contributed by atoms with Crippen molar-refractivity contribution in [2.24, 2.45) is 0 Å². The predicted octanol–water partition coefficient (Wildman–Crippen LogP) is 9.85. The van der Waals surface area contributed by atoms with Crippen molar-refractivity contribution in [3.8, 4) is 22.3 Å². The molecular weight excluding hydrogens is 615 g/mol. The van der Waals surface area contributed by atoms with Crippen LogP contribution in [0.25, 0.3) is 43.8 Å². The molecule has 0 aromatic heterocycles. The molecule has 0 aliphatic heterocycles. The first-order valence-electron chi connectivity index (χ1n) is 12.1. The van der Waals surface area contributed by atoms with E-state index in [2.05, 4.69) is 148 Å². The Labute approximate surface area is 237 Å². The molecule has 0 N–H and O–H groups in total. The molecule has 0 unspecified atom stereocenters. The van der Waals surface area contributed by atoms with Gasteiger partial charge in [0.25, 0.3) is 0 Å². The second kappa shape index (κ2) is 13.5. The average molecular weight is 647 g/mol. The monoisotopic (exact) mass is 648 g/mol. The number of hydrogen-bond acceptors (Lipinski definition) is 0. The molecule has 0 amide bonds. The third kappa shape index (κ3) is 6.30. The van der Waals surface area contributed by atoms with E-state index in [0.29, 0.717) is 0 Å². The van der Waals surface area contributed by atoms with Crippen LogP contribution < -0.4 is 0 Å². The van der Waals surface area contributed by atoms with Crippen molar-refractivity contribution in [2.45, 2.75) is 26.9 Å². The van der Waals surface area contributed by atoms with Gasteiger partial charge in [-0.05, 0) is 0 Å². The number of benzene rings is 4. The van der Waals surface area contributed by atoms with E-state index < -0.39 is 0 Å². The minimum Gasteiger partial charge on any atom is -0.149 e. The SMILES string of the molecule is C[Si]C.Cc1[cH-]c2ccccc2c1-c1ccccc1.Cc1[cH-]c2ccccc2c1-c1ccccc1.[Hf]. The van der Waals surface area contributed by atoms with Gasteiger partial charge in [0, 0.05) is 35.4 Å². The number of fused-ring (bicyclic) bond motifs is 2. The zero-order valence-electron chi connectivity index (χ0n) is 21.5. The molecule has 2 heteroatoms. The fraction of sp³-hybridized carbons (Fsp3) is 0.118. The van der Waals surface area contributed by atoms with Crippen molar-refractivity contribution in [1.82, 2.24) is 0 Å². The van der Waals surface area contributed by atoms with Gasteiger partial charge >= 0.3 is 0 Å². The Kier molecular flexibility index (Phi) is 10.4. The van der Waals surface area contributed by atoms with E-state index in [-0.39, 0.29) is 25.8 Å². The summed E-state index contributed by atoms with van der Waals surface area (Å²) in [5.41, 5.74) is 8.06. The van der Waals surface area contributed by atoms with Crippen molar-refractivity contribution in [2.75, 3.05) is 0 Å². The van der Waals surface area contributed by atoms with Gasteiger partial charge in [0.05, 0.1) is 0 Å². The first-order valence-corrected chi connectivity index (χ1v) is 14.1. The second-order valence-electron chi connectivity index (χ2n) is 8.81. The van der Waals surface area contributed by atoms with E-state index in [9.17, 15) is 0 Å². The van der Waals surface area contributed by atoms with Gasteiger partial charge in [0.2, 0.25) is 0 Å². The Morgan fingerprint density at radius 2 is 0.778 bits per heavy atom. The largest absolute Gasteiger partial charge is 0.149 e. The van der Waals surface area contributed by atoms with Gasteiger partial charge in [-0.2, -0.15) is 0 Å². The van der Waals surface area contributed by atoms with Crippen molar-refractivity contribution in [3.63, 3.8) is 0 Å². The normalized spacial score (nSPS) is 10.1. The quantitative estimate of drug-likeness (QED) is 0.130. The summed E-state index contributed by atoms with van der Waals surface area (Å²) in [6.07, 6.45) is 0. The predicted molar refractivity (Wildman–Crippen MR) is 157 cm³/mol. The Hall–Kier alpha value is -2.81. The van der Waals surface area contributed by atoms with Crippen LogP contribution in [0.3, 0.4) is 0 Å². The summed E-state index contributed by atoms with van der Waals surface area (Å²) in [4.78, 5) is 0. The number of rotatable bonds is 2. The molecule has 0 nitrogen and oxygen atoms in total. The molecule has 0 aliphatic rings. The fourth-order valence-electron chi connectivity index (χ4n) is 4.71. The standard InChI is InChI=1S/2C16H13.C2H6Si.Hf/c2*1-12-11-14-9-5-6-10-15(14)16(12)13-7-3-2-4-8-13;1-3-2;/h2*2-11H,1H3;1-2H3;/q2*-1;;. The Bertz CT molecular complexity index is 1370. The average Bonchev–Trinajstić information content (AvgIpc) is 3.41. The van der Waals surface area contributed by atoms with Crippen LogP contribution in [0.5, 0.6) is 0 Å². The van der Waals surface area contributed by atoms with Crippen LogP contribution in [-0.2, 0) is 25.8 Å². The van der Waals surface area contributed by atoms with Gasteiger partial charge in [-0.25, -0.2) is 0 Å². The maximum Gasteiger partial charge on any atom is 0.0307 e. The van der Waals surface area contributed by atoms with Crippen molar-refractivity contribution in [1.29, 1.82) is 0 Å².